The Morgan fingerprint density at radius 3 is 2.46 bits per heavy atom. The molecular formula is C21H20FN3O2S. The monoisotopic (exact) mass is 397 g/mol. The van der Waals surface area contributed by atoms with Crippen LogP contribution in [0.2, 0.25) is 0 Å². The number of rotatable bonds is 7. The summed E-state index contributed by atoms with van der Waals surface area (Å²) in [6.07, 6.45) is 0.860. The van der Waals surface area contributed by atoms with Crippen molar-refractivity contribution in [3.8, 4) is 10.6 Å². The summed E-state index contributed by atoms with van der Waals surface area (Å²) in [6.45, 7) is 1.96. The summed E-state index contributed by atoms with van der Waals surface area (Å²) in [7, 11) is 0. The van der Waals surface area contributed by atoms with E-state index in [-0.39, 0.29) is 24.1 Å². The van der Waals surface area contributed by atoms with Gasteiger partial charge >= 0.3 is 0 Å². The molecule has 2 N–H and O–H groups in total. The van der Waals surface area contributed by atoms with Crippen LogP contribution in [0.3, 0.4) is 0 Å². The highest BCUT2D eigenvalue weighted by Gasteiger charge is 2.09. The molecular weight excluding hydrogens is 377 g/mol. The maximum atomic E-state index is 12.9. The van der Waals surface area contributed by atoms with Crippen LogP contribution in [-0.4, -0.2) is 23.3 Å². The number of nitrogens with one attached hydrogen (secondary N) is 2. The van der Waals surface area contributed by atoms with Crippen molar-refractivity contribution in [3.05, 3.63) is 71.0 Å². The van der Waals surface area contributed by atoms with Crippen LogP contribution >= 0.6 is 11.3 Å². The Morgan fingerprint density at radius 1 is 1.07 bits per heavy atom. The highest BCUT2D eigenvalue weighted by Crippen LogP contribution is 2.25. The second-order valence-corrected chi connectivity index (χ2v) is 7.16. The zero-order valence-electron chi connectivity index (χ0n) is 15.4. The van der Waals surface area contributed by atoms with Gasteiger partial charge in [0.15, 0.2) is 0 Å². The van der Waals surface area contributed by atoms with E-state index in [1.165, 1.54) is 30.4 Å². The molecule has 0 unspecified atom stereocenters. The molecule has 0 spiro atoms. The van der Waals surface area contributed by atoms with E-state index in [1.807, 2.05) is 29.6 Å². The van der Waals surface area contributed by atoms with Gasteiger partial charge in [-0.1, -0.05) is 12.1 Å². The highest BCUT2D eigenvalue weighted by molar-refractivity contribution is 7.13. The number of nitrogens with zero attached hydrogens (tertiary/aromatic N) is 1. The molecule has 3 aromatic rings. The van der Waals surface area contributed by atoms with E-state index in [0.29, 0.717) is 18.7 Å². The third-order valence-electron chi connectivity index (χ3n) is 3.99. The van der Waals surface area contributed by atoms with Crippen LogP contribution in [0.15, 0.2) is 53.9 Å². The molecule has 0 fully saturated rings. The summed E-state index contributed by atoms with van der Waals surface area (Å²) >= 11 is 1.47. The van der Waals surface area contributed by atoms with Crippen molar-refractivity contribution in [2.75, 3.05) is 11.9 Å². The van der Waals surface area contributed by atoms with Gasteiger partial charge in [0, 0.05) is 30.1 Å². The van der Waals surface area contributed by atoms with Crippen molar-refractivity contribution in [1.29, 1.82) is 0 Å². The number of anilines is 1. The molecule has 7 heteroatoms. The number of benzene rings is 2. The quantitative estimate of drug-likeness (QED) is 0.637. The van der Waals surface area contributed by atoms with E-state index in [0.717, 1.165) is 21.8 Å². The Balaban J connectivity index is 1.50. The maximum absolute atomic E-state index is 12.9. The molecule has 0 aliphatic carbocycles. The van der Waals surface area contributed by atoms with Crippen LogP contribution in [0.1, 0.15) is 18.2 Å². The lowest BCUT2D eigenvalue weighted by Gasteiger charge is -2.04. The largest absolute Gasteiger partial charge is 0.355 e. The lowest BCUT2D eigenvalue weighted by molar-refractivity contribution is -0.120. The topological polar surface area (TPSA) is 71.1 Å². The van der Waals surface area contributed by atoms with Crippen molar-refractivity contribution < 1.29 is 14.0 Å². The minimum absolute atomic E-state index is 0.0973. The molecule has 1 heterocycles. The molecule has 0 saturated carbocycles. The first-order valence-corrected chi connectivity index (χ1v) is 9.71. The van der Waals surface area contributed by atoms with Crippen LogP contribution in [0.5, 0.6) is 0 Å². The van der Waals surface area contributed by atoms with E-state index < -0.39 is 0 Å². The fourth-order valence-electron chi connectivity index (χ4n) is 2.64. The summed E-state index contributed by atoms with van der Waals surface area (Å²) in [4.78, 5) is 27.7. The Labute approximate surface area is 166 Å². The van der Waals surface area contributed by atoms with Gasteiger partial charge in [-0.05, 0) is 48.4 Å². The fourth-order valence-corrected chi connectivity index (χ4v) is 3.47. The molecule has 0 aliphatic heterocycles. The zero-order chi connectivity index (χ0) is 19.9. The predicted octanol–water partition coefficient (Wildman–Crippen LogP) is 3.81. The van der Waals surface area contributed by atoms with Crippen molar-refractivity contribution >= 4 is 28.8 Å². The molecule has 0 aliphatic rings. The summed E-state index contributed by atoms with van der Waals surface area (Å²) < 4.78 is 12.9. The molecule has 3 rings (SSSR count). The number of aromatic nitrogens is 1. The Hall–Kier alpha value is -3.06. The van der Waals surface area contributed by atoms with E-state index >= 15 is 0 Å². The smallest absolute Gasteiger partial charge is 0.226 e. The molecule has 144 valence electrons. The van der Waals surface area contributed by atoms with Gasteiger partial charge in [-0.15, -0.1) is 11.3 Å². The van der Waals surface area contributed by atoms with Crippen LogP contribution < -0.4 is 10.6 Å². The molecule has 0 saturated heterocycles. The third kappa shape index (κ3) is 5.72. The van der Waals surface area contributed by atoms with Gasteiger partial charge in [-0.25, -0.2) is 9.37 Å². The second-order valence-electron chi connectivity index (χ2n) is 6.31. The van der Waals surface area contributed by atoms with Crippen LogP contribution in [0.4, 0.5) is 10.1 Å². The Morgan fingerprint density at radius 2 is 1.79 bits per heavy atom. The highest BCUT2D eigenvalue weighted by atomic mass is 32.1. The molecule has 2 amide bonds. The number of thiazole rings is 1. The summed E-state index contributed by atoms with van der Waals surface area (Å²) in [5.41, 5.74) is 3.35. The lowest BCUT2D eigenvalue weighted by atomic mass is 10.1. The van der Waals surface area contributed by atoms with E-state index in [1.54, 1.807) is 12.1 Å². The van der Waals surface area contributed by atoms with Crippen molar-refractivity contribution in [2.45, 2.75) is 19.8 Å². The maximum Gasteiger partial charge on any atom is 0.226 e. The van der Waals surface area contributed by atoms with Gasteiger partial charge in [-0.2, -0.15) is 0 Å². The minimum atomic E-state index is -0.267. The van der Waals surface area contributed by atoms with E-state index in [9.17, 15) is 14.0 Å². The van der Waals surface area contributed by atoms with Gasteiger partial charge in [0.2, 0.25) is 11.8 Å². The SMILES string of the molecule is CC(=O)Nc1ccc(-c2nc(CC(=O)NCCc3ccc(F)cc3)cs2)cc1. The molecule has 1 aromatic heterocycles. The molecule has 2 aromatic carbocycles. The zero-order valence-corrected chi connectivity index (χ0v) is 16.2. The van der Waals surface area contributed by atoms with Crippen molar-refractivity contribution in [3.63, 3.8) is 0 Å². The summed E-state index contributed by atoms with van der Waals surface area (Å²) in [5, 5.41) is 8.28. The molecule has 28 heavy (non-hydrogen) atoms. The Bertz CT molecular complexity index is 953. The van der Waals surface area contributed by atoms with Gasteiger partial charge < -0.3 is 10.6 Å². The first-order valence-electron chi connectivity index (χ1n) is 8.83. The predicted molar refractivity (Wildman–Crippen MR) is 109 cm³/mol. The number of halogens is 1. The molecule has 0 radical (unpaired) electrons. The minimum Gasteiger partial charge on any atom is -0.355 e. The molecule has 0 bridgehead atoms. The van der Waals surface area contributed by atoms with Gasteiger partial charge in [0.05, 0.1) is 12.1 Å². The molecule has 0 atom stereocenters. The average Bonchev–Trinajstić information content (AvgIpc) is 3.12. The number of hydrogen-bond donors (Lipinski definition) is 2. The van der Waals surface area contributed by atoms with Crippen LogP contribution in [0, 0.1) is 5.82 Å². The van der Waals surface area contributed by atoms with Gasteiger partial charge in [-0.3, -0.25) is 9.59 Å². The van der Waals surface area contributed by atoms with E-state index in [2.05, 4.69) is 15.6 Å². The van der Waals surface area contributed by atoms with Crippen LogP contribution in [0.25, 0.3) is 10.6 Å². The molecule has 5 nitrogen and oxygen atoms in total. The second kappa shape index (κ2) is 9.23. The average molecular weight is 397 g/mol. The fraction of sp³-hybridized carbons (Fsp3) is 0.190. The van der Waals surface area contributed by atoms with E-state index in [4.69, 9.17) is 0 Å². The van der Waals surface area contributed by atoms with Gasteiger partial charge in [0.1, 0.15) is 10.8 Å². The van der Waals surface area contributed by atoms with Crippen molar-refractivity contribution in [1.82, 2.24) is 10.3 Å². The number of amides is 2. The Kier molecular flexibility index (Phi) is 6.49. The third-order valence-corrected chi connectivity index (χ3v) is 4.93. The van der Waals surface area contributed by atoms with Crippen LogP contribution in [-0.2, 0) is 22.4 Å². The van der Waals surface area contributed by atoms with Crippen molar-refractivity contribution in [2.24, 2.45) is 0 Å². The number of carbonyl (C=O) groups is 2. The first kappa shape index (κ1) is 19.7. The lowest BCUT2D eigenvalue weighted by Crippen LogP contribution is -2.27. The first-order chi connectivity index (χ1) is 13.5. The number of hydrogen-bond acceptors (Lipinski definition) is 4. The van der Waals surface area contributed by atoms with Gasteiger partial charge in [0.25, 0.3) is 0 Å². The summed E-state index contributed by atoms with van der Waals surface area (Å²) in [5.74, 6) is -0.480. The number of carbonyl (C=O) groups excluding carboxylic acids is 2. The summed E-state index contributed by atoms with van der Waals surface area (Å²) in [6, 6.07) is 13.7. The normalized spacial score (nSPS) is 10.5. The standard InChI is InChI=1S/C21H20FN3O2S/c1-14(26)24-18-8-4-16(5-9-18)21-25-19(13-28-21)12-20(27)23-11-10-15-2-6-17(22)7-3-15/h2-9,13H,10-12H2,1H3,(H,23,27)(H,24,26).